The van der Waals surface area contributed by atoms with E-state index in [1.54, 1.807) is 29.6 Å². The van der Waals surface area contributed by atoms with Gasteiger partial charge in [-0.15, -0.1) is 11.3 Å². The van der Waals surface area contributed by atoms with Crippen LogP contribution in [0.4, 0.5) is 4.39 Å². The maximum atomic E-state index is 14.1. The molecule has 0 aliphatic heterocycles. The van der Waals surface area contributed by atoms with Gasteiger partial charge in [-0.1, -0.05) is 24.3 Å². The molecule has 0 saturated heterocycles. The molecule has 0 spiro atoms. The minimum absolute atomic E-state index is 0.138. The molecule has 4 aromatic rings. The Labute approximate surface area is 163 Å². The first kappa shape index (κ1) is 18.2. The molecule has 2 heterocycles. The van der Waals surface area contributed by atoms with E-state index in [1.807, 2.05) is 19.1 Å². The lowest BCUT2D eigenvalue weighted by Crippen LogP contribution is -2.39. The van der Waals surface area contributed by atoms with E-state index in [-0.39, 0.29) is 17.9 Å². The monoisotopic (exact) mass is 396 g/mol. The number of halogens is 1. The van der Waals surface area contributed by atoms with Gasteiger partial charge in [-0.05, 0) is 47.7 Å². The Kier molecular flexibility index (Phi) is 4.60. The highest BCUT2D eigenvalue weighted by Gasteiger charge is 2.17. The highest BCUT2D eigenvalue weighted by Crippen LogP contribution is 2.21. The number of hydrogen-bond donors (Lipinski definition) is 0. The van der Waals surface area contributed by atoms with Crippen LogP contribution in [0, 0.1) is 12.7 Å². The van der Waals surface area contributed by atoms with Gasteiger partial charge in [0.05, 0.1) is 24.9 Å². The molecule has 0 bridgehead atoms. The van der Waals surface area contributed by atoms with E-state index in [0.29, 0.717) is 21.5 Å². The van der Waals surface area contributed by atoms with Crippen molar-refractivity contribution in [2.24, 2.45) is 0 Å². The largest absolute Gasteiger partial charge is 0.494 e. The summed E-state index contributed by atoms with van der Waals surface area (Å²) in [5, 5.41) is 1.78. The lowest BCUT2D eigenvalue weighted by Gasteiger charge is -2.14. The van der Waals surface area contributed by atoms with Gasteiger partial charge >= 0.3 is 5.69 Å². The molecule has 28 heavy (non-hydrogen) atoms. The zero-order valence-electron chi connectivity index (χ0n) is 15.3. The number of hydrogen-bond acceptors (Lipinski definition) is 4. The summed E-state index contributed by atoms with van der Waals surface area (Å²) < 4.78 is 22.2. The number of fused-ring (bicyclic) bond motifs is 1. The zero-order chi connectivity index (χ0) is 19.8. The second kappa shape index (κ2) is 7.09. The number of aromatic nitrogens is 2. The highest BCUT2D eigenvalue weighted by atomic mass is 32.1. The number of aryl methyl sites for hydroxylation is 1. The fourth-order valence-corrected chi connectivity index (χ4v) is 4.08. The zero-order valence-corrected chi connectivity index (χ0v) is 16.1. The van der Waals surface area contributed by atoms with Crippen molar-refractivity contribution in [3.63, 3.8) is 0 Å². The molecule has 0 unspecified atom stereocenters. The van der Waals surface area contributed by atoms with Crippen molar-refractivity contribution < 1.29 is 9.13 Å². The fraction of sp³-hybridized carbons (Fsp3) is 0.143. The molecule has 0 aliphatic carbocycles. The number of methoxy groups -OCH3 is 1. The first-order valence-electron chi connectivity index (χ1n) is 8.62. The predicted molar refractivity (Wildman–Crippen MR) is 108 cm³/mol. The Morgan fingerprint density at radius 3 is 2.61 bits per heavy atom. The van der Waals surface area contributed by atoms with Gasteiger partial charge in [0.2, 0.25) is 0 Å². The summed E-state index contributed by atoms with van der Waals surface area (Å²) >= 11 is 1.28. The van der Waals surface area contributed by atoms with E-state index >= 15 is 0 Å². The second-order valence-corrected chi connectivity index (χ2v) is 7.32. The van der Waals surface area contributed by atoms with Crippen molar-refractivity contribution in [1.82, 2.24) is 9.13 Å². The average molecular weight is 396 g/mol. The van der Waals surface area contributed by atoms with Gasteiger partial charge < -0.3 is 4.74 Å². The number of thiophene rings is 1. The molecule has 0 saturated carbocycles. The Balaban J connectivity index is 1.95. The SMILES string of the molecule is COc1ccc(Cn2c(=O)n(-c3ccccc3C)c(=O)c3sccc32)cc1F. The highest BCUT2D eigenvalue weighted by molar-refractivity contribution is 7.17. The van der Waals surface area contributed by atoms with Gasteiger partial charge in [-0.3, -0.25) is 9.36 Å². The summed E-state index contributed by atoms with van der Waals surface area (Å²) in [6.45, 7) is 1.99. The van der Waals surface area contributed by atoms with Crippen LogP contribution in [-0.2, 0) is 6.54 Å². The summed E-state index contributed by atoms with van der Waals surface area (Å²) in [7, 11) is 1.40. The Bertz CT molecular complexity index is 1300. The van der Waals surface area contributed by atoms with E-state index in [0.717, 1.165) is 5.56 Å². The van der Waals surface area contributed by atoms with Crippen LogP contribution in [0.5, 0.6) is 5.75 Å². The summed E-state index contributed by atoms with van der Waals surface area (Å²) in [6.07, 6.45) is 0. The van der Waals surface area contributed by atoms with Crippen LogP contribution in [0.3, 0.4) is 0 Å². The molecule has 0 atom stereocenters. The first-order chi connectivity index (χ1) is 13.5. The second-order valence-electron chi connectivity index (χ2n) is 6.40. The third-order valence-corrected chi connectivity index (χ3v) is 5.56. The van der Waals surface area contributed by atoms with Gasteiger partial charge in [0.15, 0.2) is 11.6 Å². The molecule has 0 N–H and O–H groups in total. The molecule has 0 amide bonds. The maximum Gasteiger partial charge on any atom is 0.336 e. The molecule has 0 fully saturated rings. The van der Waals surface area contributed by atoms with E-state index in [1.165, 1.54) is 39.7 Å². The molecule has 2 aromatic heterocycles. The van der Waals surface area contributed by atoms with Gasteiger partial charge in [0.1, 0.15) is 4.70 Å². The van der Waals surface area contributed by atoms with Crippen molar-refractivity contribution >= 4 is 21.6 Å². The van der Waals surface area contributed by atoms with Crippen molar-refractivity contribution in [3.05, 3.63) is 91.7 Å². The Morgan fingerprint density at radius 2 is 1.89 bits per heavy atom. The lowest BCUT2D eigenvalue weighted by atomic mass is 10.2. The molecule has 0 radical (unpaired) electrons. The molecule has 4 rings (SSSR count). The first-order valence-corrected chi connectivity index (χ1v) is 9.50. The van der Waals surface area contributed by atoms with Crippen LogP contribution in [0.15, 0.2) is 63.5 Å². The van der Waals surface area contributed by atoms with Crippen LogP contribution in [-0.4, -0.2) is 16.2 Å². The summed E-state index contributed by atoms with van der Waals surface area (Å²) in [6, 6.07) is 13.5. The third kappa shape index (κ3) is 2.93. The van der Waals surface area contributed by atoms with E-state index < -0.39 is 11.5 Å². The van der Waals surface area contributed by atoms with Crippen LogP contribution in [0.25, 0.3) is 15.9 Å². The summed E-state index contributed by atoms with van der Waals surface area (Å²) in [4.78, 5) is 26.3. The van der Waals surface area contributed by atoms with Crippen LogP contribution in [0.2, 0.25) is 0 Å². The van der Waals surface area contributed by atoms with Crippen molar-refractivity contribution in [3.8, 4) is 11.4 Å². The standard InChI is InChI=1S/C21H17FN2O3S/c1-13-5-3-4-6-16(13)24-20(25)19-17(9-10-28-19)23(21(24)26)12-14-7-8-18(27-2)15(22)11-14/h3-11H,12H2,1-2H3. The van der Waals surface area contributed by atoms with Crippen molar-refractivity contribution in [2.75, 3.05) is 7.11 Å². The van der Waals surface area contributed by atoms with Gasteiger partial charge in [-0.25, -0.2) is 13.8 Å². The van der Waals surface area contributed by atoms with Gasteiger partial charge in [0.25, 0.3) is 5.56 Å². The normalized spacial score (nSPS) is 11.1. The summed E-state index contributed by atoms with van der Waals surface area (Å²) in [5.74, 6) is -0.358. The number of rotatable bonds is 4. The quantitative estimate of drug-likeness (QED) is 0.528. The Morgan fingerprint density at radius 1 is 1.11 bits per heavy atom. The van der Waals surface area contributed by atoms with E-state index in [9.17, 15) is 14.0 Å². The number of ether oxygens (including phenoxy) is 1. The molecule has 142 valence electrons. The molecular weight excluding hydrogens is 379 g/mol. The maximum absolute atomic E-state index is 14.1. The van der Waals surface area contributed by atoms with Crippen LogP contribution >= 0.6 is 11.3 Å². The molecule has 7 heteroatoms. The molecule has 0 aliphatic rings. The molecule has 5 nitrogen and oxygen atoms in total. The van der Waals surface area contributed by atoms with Crippen molar-refractivity contribution in [1.29, 1.82) is 0 Å². The van der Waals surface area contributed by atoms with Crippen LogP contribution in [0.1, 0.15) is 11.1 Å². The number of benzene rings is 2. The van der Waals surface area contributed by atoms with Crippen molar-refractivity contribution in [2.45, 2.75) is 13.5 Å². The lowest BCUT2D eigenvalue weighted by molar-refractivity contribution is 0.386. The fourth-order valence-electron chi connectivity index (χ4n) is 3.26. The average Bonchev–Trinajstić information content (AvgIpc) is 3.17. The molecule has 2 aromatic carbocycles. The van der Waals surface area contributed by atoms with Crippen LogP contribution < -0.4 is 16.0 Å². The Hall–Kier alpha value is -3.19. The van der Waals surface area contributed by atoms with E-state index in [4.69, 9.17) is 4.74 Å². The van der Waals surface area contributed by atoms with Gasteiger partial charge in [-0.2, -0.15) is 0 Å². The number of nitrogens with zero attached hydrogens (tertiary/aromatic N) is 2. The smallest absolute Gasteiger partial charge is 0.336 e. The third-order valence-electron chi connectivity index (χ3n) is 4.67. The predicted octanol–water partition coefficient (Wildman–Crippen LogP) is 3.72. The van der Waals surface area contributed by atoms with E-state index in [2.05, 4.69) is 0 Å². The van der Waals surface area contributed by atoms with Gasteiger partial charge in [0, 0.05) is 0 Å². The molecular formula is C21H17FN2O3S. The topological polar surface area (TPSA) is 53.2 Å². The minimum atomic E-state index is -0.498. The number of para-hydroxylation sites is 1. The summed E-state index contributed by atoms with van der Waals surface area (Å²) in [5.41, 5.74) is 1.70. The minimum Gasteiger partial charge on any atom is -0.494 e.